The molecule has 9 heteroatoms. The summed E-state index contributed by atoms with van der Waals surface area (Å²) < 4.78 is 30.1. The number of anilines is 1. The number of hydrogen-bond donors (Lipinski definition) is 1. The van der Waals surface area contributed by atoms with Gasteiger partial charge in [0.2, 0.25) is 0 Å². The molecule has 0 aliphatic carbocycles. The van der Waals surface area contributed by atoms with E-state index in [0.717, 1.165) is 11.6 Å². The first-order valence-electron chi connectivity index (χ1n) is 8.12. The maximum absolute atomic E-state index is 12.9. The fraction of sp³-hybridized carbons (Fsp3) is 0.167. The number of nitro groups is 1. The second kappa shape index (κ2) is 7.20. The number of para-hydroxylation sites is 1. The molecule has 1 N–H and O–H groups in total. The number of aromatic nitrogens is 2. The lowest BCUT2D eigenvalue weighted by Gasteiger charge is -2.15. The fourth-order valence-electron chi connectivity index (χ4n) is 2.72. The summed E-state index contributed by atoms with van der Waals surface area (Å²) >= 11 is 0. The molecule has 0 atom stereocenters. The molecule has 0 saturated carbocycles. The van der Waals surface area contributed by atoms with Crippen LogP contribution >= 0.6 is 0 Å². The average Bonchev–Trinajstić information content (AvgIpc) is 3.11. The molecule has 0 amide bonds. The van der Waals surface area contributed by atoms with E-state index in [1.54, 1.807) is 61.3 Å². The topological polar surface area (TPSA) is 107 Å². The minimum Gasteiger partial charge on any atom is -0.279 e. The van der Waals surface area contributed by atoms with Crippen LogP contribution in [-0.2, 0) is 16.6 Å². The van der Waals surface area contributed by atoms with Gasteiger partial charge in [-0.05, 0) is 42.7 Å². The Morgan fingerprint density at radius 2 is 1.93 bits per heavy atom. The largest absolute Gasteiger partial charge is 0.279 e. The van der Waals surface area contributed by atoms with Crippen molar-refractivity contribution in [2.75, 3.05) is 4.72 Å². The zero-order valence-corrected chi connectivity index (χ0v) is 15.6. The van der Waals surface area contributed by atoms with Gasteiger partial charge in [-0.2, -0.15) is 5.10 Å². The summed E-state index contributed by atoms with van der Waals surface area (Å²) in [4.78, 5) is 10.4. The van der Waals surface area contributed by atoms with Crippen LogP contribution in [0.2, 0.25) is 0 Å². The van der Waals surface area contributed by atoms with Crippen LogP contribution in [0.1, 0.15) is 16.7 Å². The highest BCUT2D eigenvalue weighted by molar-refractivity contribution is 7.92. The third-order valence-electron chi connectivity index (χ3n) is 4.26. The van der Waals surface area contributed by atoms with E-state index in [0.29, 0.717) is 23.4 Å². The molecule has 0 spiro atoms. The molecule has 8 nitrogen and oxygen atoms in total. The number of benzene rings is 2. The number of hydrogen-bond acceptors (Lipinski definition) is 5. The van der Waals surface area contributed by atoms with Crippen molar-refractivity contribution >= 4 is 21.4 Å². The Bertz CT molecular complexity index is 1090. The summed E-state index contributed by atoms with van der Waals surface area (Å²) in [6, 6.07) is 11.2. The van der Waals surface area contributed by atoms with Gasteiger partial charge in [0.25, 0.3) is 15.7 Å². The SMILES string of the molecule is Cc1cc([N+](=O)[O-])cc(S(=O)(=O)Nc2ccccc2Cn2cccn2)c1C. The molecule has 1 heterocycles. The highest BCUT2D eigenvalue weighted by Crippen LogP contribution is 2.28. The van der Waals surface area contributed by atoms with Crippen LogP contribution in [-0.4, -0.2) is 23.1 Å². The van der Waals surface area contributed by atoms with Crippen LogP contribution in [0.15, 0.2) is 59.8 Å². The molecule has 1 aromatic heterocycles. The Balaban J connectivity index is 2.00. The van der Waals surface area contributed by atoms with E-state index in [1.807, 2.05) is 0 Å². The van der Waals surface area contributed by atoms with Crippen LogP contribution in [0.25, 0.3) is 0 Å². The third kappa shape index (κ3) is 3.98. The van der Waals surface area contributed by atoms with Crippen molar-refractivity contribution in [3.8, 4) is 0 Å². The predicted molar refractivity (Wildman–Crippen MR) is 101 cm³/mol. The van der Waals surface area contributed by atoms with Crippen LogP contribution in [0.5, 0.6) is 0 Å². The molecule has 0 saturated heterocycles. The number of sulfonamides is 1. The van der Waals surface area contributed by atoms with E-state index in [4.69, 9.17) is 0 Å². The van der Waals surface area contributed by atoms with Gasteiger partial charge in [-0.3, -0.25) is 19.5 Å². The molecule has 0 aliphatic rings. The smallest absolute Gasteiger partial charge is 0.271 e. The van der Waals surface area contributed by atoms with Crippen LogP contribution in [0, 0.1) is 24.0 Å². The van der Waals surface area contributed by atoms with Crippen molar-refractivity contribution in [1.82, 2.24) is 9.78 Å². The first kappa shape index (κ1) is 18.6. The van der Waals surface area contributed by atoms with Gasteiger partial charge >= 0.3 is 0 Å². The van der Waals surface area contributed by atoms with E-state index in [9.17, 15) is 18.5 Å². The van der Waals surface area contributed by atoms with Gasteiger partial charge in [0.15, 0.2) is 0 Å². The zero-order chi connectivity index (χ0) is 19.6. The highest BCUT2D eigenvalue weighted by Gasteiger charge is 2.23. The number of nitrogens with one attached hydrogen (secondary N) is 1. The second-order valence-electron chi connectivity index (χ2n) is 6.11. The Morgan fingerprint density at radius 1 is 1.19 bits per heavy atom. The quantitative estimate of drug-likeness (QED) is 0.517. The lowest BCUT2D eigenvalue weighted by molar-refractivity contribution is -0.385. The van der Waals surface area contributed by atoms with E-state index in [-0.39, 0.29) is 10.6 Å². The predicted octanol–water partition coefficient (Wildman–Crippen LogP) is 3.26. The molecule has 0 radical (unpaired) electrons. The van der Waals surface area contributed by atoms with Crippen LogP contribution in [0.4, 0.5) is 11.4 Å². The van der Waals surface area contributed by atoms with E-state index in [1.165, 1.54) is 6.07 Å². The van der Waals surface area contributed by atoms with Crippen molar-refractivity contribution in [2.45, 2.75) is 25.3 Å². The molecule has 27 heavy (non-hydrogen) atoms. The summed E-state index contributed by atoms with van der Waals surface area (Å²) in [6.07, 6.45) is 3.42. The minimum absolute atomic E-state index is 0.108. The Kier molecular flexibility index (Phi) is 4.95. The first-order chi connectivity index (χ1) is 12.8. The van der Waals surface area contributed by atoms with E-state index >= 15 is 0 Å². The van der Waals surface area contributed by atoms with Gasteiger partial charge in [0.05, 0.1) is 22.1 Å². The standard InChI is InChI=1S/C18H18N4O4S/c1-13-10-16(22(23)24)11-18(14(13)2)27(25,26)20-17-7-4-3-6-15(17)12-21-9-5-8-19-21/h3-11,20H,12H2,1-2H3. The summed E-state index contributed by atoms with van der Waals surface area (Å²) in [5.41, 5.74) is 1.87. The number of rotatable bonds is 6. The second-order valence-corrected chi connectivity index (χ2v) is 7.76. The summed E-state index contributed by atoms with van der Waals surface area (Å²) in [5, 5.41) is 15.2. The van der Waals surface area contributed by atoms with Crippen molar-refractivity contribution in [1.29, 1.82) is 0 Å². The van der Waals surface area contributed by atoms with E-state index in [2.05, 4.69) is 9.82 Å². The van der Waals surface area contributed by atoms with E-state index < -0.39 is 14.9 Å². The summed E-state index contributed by atoms with van der Waals surface area (Å²) in [5.74, 6) is 0. The maximum Gasteiger partial charge on any atom is 0.271 e. The number of non-ortho nitro benzene ring substituents is 1. The monoisotopic (exact) mass is 386 g/mol. The third-order valence-corrected chi connectivity index (χ3v) is 5.75. The fourth-order valence-corrected chi connectivity index (χ4v) is 4.16. The highest BCUT2D eigenvalue weighted by atomic mass is 32.2. The van der Waals surface area contributed by atoms with Crippen LogP contribution < -0.4 is 4.72 Å². The minimum atomic E-state index is -4.01. The Hall–Kier alpha value is -3.20. The summed E-state index contributed by atoms with van der Waals surface area (Å²) in [6.45, 7) is 3.66. The Morgan fingerprint density at radius 3 is 2.59 bits per heavy atom. The van der Waals surface area contributed by atoms with Crippen molar-refractivity contribution in [2.24, 2.45) is 0 Å². The summed E-state index contributed by atoms with van der Waals surface area (Å²) in [7, 11) is -4.01. The molecule has 0 unspecified atom stereocenters. The molecular formula is C18H18N4O4S. The molecule has 2 aromatic carbocycles. The lowest BCUT2D eigenvalue weighted by Crippen LogP contribution is -2.17. The van der Waals surface area contributed by atoms with Gasteiger partial charge in [-0.25, -0.2) is 8.42 Å². The molecule has 3 aromatic rings. The molecule has 0 fully saturated rings. The number of aryl methyl sites for hydroxylation is 1. The Labute approximate surface area is 156 Å². The zero-order valence-electron chi connectivity index (χ0n) is 14.8. The molecular weight excluding hydrogens is 368 g/mol. The molecule has 0 aliphatic heterocycles. The van der Waals surface area contributed by atoms with Crippen molar-refractivity contribution < 1.29 is 13.3 Å². The number of nitro benzene ring substituents is 1. The first-order valence-corrected chi connectivity index (χ1v) is 9.60. The van der Waals surface area contributed by atoms with Crippen LogP contribution in [0.3, 0.4) is 0 Å². The van der Waals surface area contributed by atoms with Crippen molar-refractivity contribution in [3.63, 3.8) is 0 Å². The number of nitrogens with zero attached hydrogens (tertiary/aromatic N) is 3. The van der Waals surface area contributed by atoms with Gasteiger partial charge in [-0.1, -0.05) is 18.2 Å². The van der Waals surface area contributed by atoms with Gasteiger partial charge in [0.1, 0.15) is 0 Å². The molecule has 3 rings (SSSR count). The average molecular weight is 386 g/mol. The lowest BCUT2D eigenvalue weighted by atomic mass is 10.1. The molecule has 140 valence electrons. The normalized spacial score (nSPS) is 11.3. The van der Waals surface area contributed by atoms with Gasteiger partial charge < -0.3 is 0 Å². The van der Waals surface area contributed by atoms with Crippen molar-refractivity contribution in [3.05, 3.63) is 81.7 Å². The van der Waals surface area contributed by atoms with Gasteiger partial charge in [-0.15, -0.1) is 0 Å². The maximum atomic E-state index is 12.9. The van der Waals surface area contributed by atoms with Gasteiger partial charge in [0, 0.05) is 24.5 Å². The molecule has 0 bridgehead atoms.